The molecule has 0 saturated heterocycles. The summed E-state index contributed by atoms with van der Waals surface area (Å²) in [7, 11) is 0. The van der Waals surface area contributed by atoms with Gasteiger partial charge in [-0.3, -0.25) is 4.79 Å². The van der Waals surface area contributed by atoms with Crippen LogP contribution in [0.5, 0.6) is 0 Å². The summed E-state index contributed by atoms with van der Waals surface area (Å²) in [6.07, 6.45) is 6.31. The largest absolute Gasteiger partial charge is 0.350 e. The van der Waals surface area contributed by atoms with Gasteiger partial charge < -0.3 is 10.3 Å². The van der Waals surface area contributed by atoms with Gasteiger partial charge in [0, 0.05) is 6.54 Å². The Balaban J connectivity index is 1.84. The average molecular weight is 275 g/mol. The molecule has 2 rings (SSSR count). The van der Waals surface area contributed by atoms with Crippen LogP contribution in [0.2, 0.25) is 10.2 Å². The van der Waals surface area contributed by atoms with Crippen molar-refractivity contribution in [2.24, 2.45) is 5.92 Å². The van der Waals surface area contributed by atoms with E-state index in [9.17, 15) is 4.79 Å². The van der Waals surface area contributed by atoms with Crippen molar-refractivity contribution in [3.05, 3.63) is 21.9 Å². The van der Waals surface area contributed by atoms with Crippen molar-refractivity contribution in [1.29, 1.82) is 0 Å². The maximum Gasteiger partial charge on any atom is 0.267 e. The second-order valence-corrected chi connectivity index (χ2v) is 5.34. The third-order valence-electron chi connectivity index (χ3n) is 3.25. The predicted octanol–water partition coefficient (Wildman–Crippen LogP) is 3.63. The zero-order valence-corrected chi connectivity index (χ0v) is 11.1. The molecule has 1 aromatic heterocycles. The lowest BCUT2D eigenvalue weighted by Gasteiger charge is -2.21. The van der Waals surface area contributed by atoms with Crippen LogP contribution in [0.3, 0.4) is 0 Å². The van der Waals surface area contributed by atoms with Gasteiger partial charge in [-0.05, 0) is 24.8 Å². The van der Waals surface area contributed by atoms with E-state index in [-0.39, 0.29) is 5.91 Å². The number of hydrogen-bond acceptors (Lipinski definition) is 1. The lowest BCUT2D eigenvalue weighted by molar-refractivity contribution is 0.0939. The summed E-state index contributed by atoms with van der Waals surface area (Å²) in [6, 6.07) is 1.56. The van der Waals surface area contributed by atoms with Crippen molar-refractivity contribution in [2.75, 3.05) is 6.54 Å². The number of H-pyrrole nitrogens is 1. The zero-order valence-electron chi connectivity index (χ0n) is 9.56. The van der Waals surface area contributed by atoms with Crippen LogP contribution < -0.4 is 5.32 Å². The summed E-state index contributed by atoms with van der Waals surface area (Å²) in [5.41, 5.74) is 0.427. The van der Waals surface area contributed by atoms with E-state index >= 15 is 0 Å². The molecule has 3 nitrogen and oxygen atoms in total. The molecule has 0 aliphatic heterocycles. The monoisotopic (exact) mass is 274 g/mol. The molecule has 1 amide bonds. The summed E-state index contributed by atoms with van der Waals surface area (Å²) in [5.74, 6) is 0.484. The van der Waals surface area contributed by atoms with E-state index in [1.165, 1.54) is 32.1 Å². The van der Waals surface area contributed by atoms with E-state index in [2.05, 4.69) is 10.3 Å². The summed E-state index contributed by atoms with van der Waals surface area (Å²) < 4.78 is 0. The highest BCUT2D eigenvalue weighted by Gasteiger charge is 2.16. The van der Waals surface area contributed by atoms with E-state index in [0.717, 1.165) is 6.54 Å². The fourth-order valence-electron chi connectivity index (χ4n) is 2.25. The average Bonchev–Trinajstić information content (AvgIpc) is 2.68. The van der Waals surface area contributed by atoms with Gasteiger partial charge >= 0.3 is 0 Å². The normalized spacial score (nSPS) is 17.1. The summed E-state index contributed by atoms with van der Waals surface area (Å²) >= 11 is 11.5. The van der Waals surface area contributed by atoms with E-state index < -0.39 is 0 Å². The van der Waals surface area contributed by atoms with Crippen molar-refractivity contribution in [3.8, 4) is 0 Å². The van der Waals surface area contributed by atoms with Crippen molar-refractivity contribution < 1.29 is 4.79 Å². The summed E-state index contributed by atoms with van der Waals surface area (Å²) in [6.45, 7) is 0.743. The molecule has 0 unspecified atom stereocenters. The van der Waals surface area contributed by atoms with E-state index in [0.29, 0.717) is 21.8 Å². The molecule has 1 heterocycles. The second kappa shape index (κ2) is 5.78. The highest BCUT2D eigenvalue weighted by molar-refractivity contribution is 6.41. The number of carbonyl (C=O) groups is 1. The Morgan fingerprint density at radius 1 is 1.35 bits per heavy atom. The lowest BCUT2D eigenvalue weighted by Crippen LogP contribution is -2.30. The van der Waals surface area contributed by atoms with Gasteiger partial charge in [0.25, 0.3) is 5.91 Å². The van der Waals surface area contributed by atoms with Crippen LogP contribution in [0.1, 0.15) is 42.6 Å². The summed E-state index contributed by atoms with van der Waals surface area (Å²) in [5, 5.41) is 3.62. The van der Waals surface area contributed by atoms with Crippen LogP contribution in [0, 0.1) is 5.92 Å². The number of halogens is 2. The van der Waals surface area contributed by atoms with Gasteiger partial charge in [0.05, 0.1) is 5.02 Å². The number of nitrogens with one attached hydrogen (secondary N) is 2. The standard InChI is InChI=1S/C12H16Cl2N2O/c13-9-6-10(16-11(9)14)12(17)15-7-8-4-2-1-3-5-8/h6,8,16H,1-5,7H2,(H,15,17). The molecular formula is C12H16Cl2N2O. The number of aromatic amines is 1. The maximum atomic E-state index is 11.8. The molecule has 94 valence electrons. The van der Waals surface area contributed by atoms with Crippen LogP contribution >= 0.6 is 23.2 Å². The Hall–Kier alpha value is -0.670. The van der Waals surface area contributed by atoms with Gasteiger partial charge in [0.15, 0.2) is 0 Å². The molecule has 0 atom stereocenters. The molecule has 1 saturated carbocycles. The van der Waals surface area contributed by atoms with Crippen LogP contribution in [-0.2, 0) is 0 Å². The number of carbonyl (C=O) groups excluding carboxylic acids is 1. The van der Waals surface area contributed by atoms with Gasteiger partial charge in [-0.25, -0.2) is 0 Å². The first-order valence-corrected chi connectivity index (χ1v) is 6.74. The van der Waals surface area contributed by atoms with Crippen molar-refractivity contribution in [3.63, 3.8) is 0 Å². The first kappa shape index (κ1) is 12.8. The predicted molar refractivity (Wildman–Crippen MR) is 69.7 cm³/mol. The highest BCUT2D eigenvalue weighted by atomic mass is 35.5. The molecule has 0 bridgehead atoms. The Bertz CT molecular complexity index is 378. The lowest BCUT2D eigenvalue weighted by atomic mass is 9.89. The SMILES string of the molecule is O=C(NCC1CCCCC1)c1cc(Cl)c(Cl)[nH]1. The van der Waals surface area contributed by atoms with E-state index in [4.69, 9.17) is 23.2 Å². The van der Waals surface area contributed by atoms with Crippen molar-refractivity contribution in [1.82, 2.24) is 10.3 Å². The maximum absolute atomic E-state index is 11.8. The second-order valence-electron chi connectivity index (χ2n) is 4.56. The Kier molecular flexibility index (Phi) is 4.35. The number of amides is 1. The Morgan fingerprint density at radius 3 is 2.65 bits per heavy atom. The molecule has 0 spiro atoms. The molecule has 1 fully saturated rings. The van der Waals surface area contributed by atoms with Gasteiger partial charge in [0.1, 0.15) is 10.8 Å². The molecule has 5 heteroatoms. The summed E-state index contributed by atoms with van der Waals surface area (Å²) in [4.78, 5) is 14.5. The first-order valence-electron chi connectivity index (χ1n) is 5.99. The van der Waals surface area contributed by atoms with Crippen molar-refractivity contribution in [2.45, 2.75) is 32.1 Å². The van der Waals surface area contributed by atoms with Crippen LogP contribution in [0.4, 0.5) is 0 Å². The topological polar surface area (TPSA) is 44.9 Å². The van der Waals surface area contributed by atoms with Crippen LogP contribution in [0.25, 0.3) is 0 Å². The Labute approximate surface area is 111 Å². The fourth-order valence-corrected chi connectivity index (χ4v) is 2.56. The quantitative estimate of drug-likeness (QED) is 0.869. The minimum Gasteiger partial charge on any atom is -0.350 e. The number of aromatic nitrogens is 1. The Morgan fingerprint density at radius 2 is 2.06 bits per heavy atom. The van der Waals surface area contributed by atoms with E-state index in [1.807, 2.05) is 0 Å². The molecule has 1 aliphatic carbocycles. The van der Waals surface area contributed by atoms with Gasteiger partial charge in [-0.15, -0.1) is 0 Å². The molecule has 0 aromatic carbocycles. The van der Waals surface area contributed by atoms with E-state index in [1.54, 1.807) is 6.07 Å². The molecule has 1 aliphatic rings. The third-order valence-corrected chi connectivity index (χ3v) is 3.94. The van der Waals surface area contributed by atoms with Crippen LogP contribution in [-0.4, -0.2) is 17.4 Å². The minimum absolute atomic E-state index is 0.135. The third kappa shape index (κ3) is 3.39. The van der Waals surface area contributed by atoms with Gasteiger partial charge in [0.2, 0.25) is 0 Å². The molecular weight excluding hydrogens is 259 g/mol. The highest BCUT2D eigenvalue weighted by Crippen LogP contribution is 2.24. The molecule has 0 radical (unpaired) electrons. The smallest absolute Gasteiger partial charge is 0.267 e. The molecule has 2 N–H and O–H groups in total. The van der Waals surface area contributed by atoms with Gasteiger partial charge in [-0.2, -0.15) is 0 Å². The number of rotatable bonds is 3. The fraction of sp³-hybridized carbons (Fsp3) is 0.583. The van der Waals surface area contributed by atoms with Crippen molar-refractivity contribution >= 4 is 29.1 Å². The zero-order chi connectivity index (χ0) is 12.3. The molecule has 1 aromatic rings. The first-order chi connectivity index (χ1) is 8.16. The van der Waals surface area contributed by atoms with Gasteiger partial charge in [-0.1, -0.05) is 42.5 Å². The molecule has 17 heavy (non-hydrogen) atoms. The van der Waals surface area contributed by atoms with Crippen LogP contribution in [0.15, 0.2) is 6.07 Å². The number of hydrogen-bond donors (Lipinski definition) is 2. The minimum atomic E-state index is -0.135.